The van der Waals surface area contributed by atoms with Crippen LogP contribution in [0.5, 0.6) is 5.75 Å². The van der Waals surface area contributed by atoms with Gasteiger partial charge in [-0.05, 0) is 13.8 Å². The van der Waals surface area contributed by atoms with E-state index in [4.69, 9.17) is 5.73 Å². The molecule has 0 bridgehead atoms. The minimum atomic E-state index is -1.02. The molecule has 8 heteroatoms. The minimum Gasteiger partial charge on any atom is -0.407 e. The zero-order valence-corrected chi connectivity index (χ0v) is 10.0. The van der Waals surface area contributed by atoms with Crippen LogP contribution in [0.15, 0.2) is 12.4 Å². The van der Waals surface area contributed by atoms with E-state index in [1.54, 1.807) is 13.8 Å². The van der Waals surface area contributed by atoms with E-state index in [1.807, 2.05) is 0 Å². The number of nitrogens with zero attached hydrogens (tertiary/aromatic N) is 2. The van der Waals surface area contributed by atoms with E-state index in [1.165, 1.54) is 0 Å². The van der Waals surface area contributed by atoms with Crippen molar-refractivity contribution in [2.24, 2.45) is 5.73 Å². The summed E-state index contributed by atoms with van der Waals surface area (Å²) in [5, 5.41) is 11.9. The van der Waals surface area contributed by atoms with Crippen molar-refractivity contribution in [1.82, 2.24) is 15.3 Å². The third-order valence-electron chi connectivity index (χ3n) is 1.73. The lowest BCUT2D eigenvalue weighted by molar-refractivity contribution is 0.0689. The van der Waals surface area contributed by atoms with Crippen LogP contribution in [0.3, 0.4) is 0 Å². The van der Waals surface area contributed by atoms with Crippen LogP contribution in [0.2, 0.25) is 0 Å². The van der Waals surface area contributed by atoms with E-state index in [9.17, 15) is 14.7 Å². The normalized spacial score (nSPS) is 10.8. The summed E-state index contributed by atoms with van der Waals surface area (Å²) in [6.07, 6.45) is 1.31. The van der Waals surface area contributed by atoms with Crippen LogP contribution < -0.4 is 15.8 Å². The van der Waals surface area contributed by atoms with Crippen LogP contribution in [-0.4, -0.2) is 39.2 Å². The number of nitrogens with two attached hydrogens (primary N) is 1. The Morgan fingerprint density at radius 3 is 2.44 bits per heavy atom. The van der Waals surface area contributed by atoms with Crippen molar-refractivity contribution >= 4 is 12.0 Å². The topological polar surface area (TPSA) is 127 Å². The summed E-state index contributed by atoms with van der Waals surface area (Å²) in [7, 11) is 0. The maximum Gasteiger partial charge on any atom is 0.410 e. The second-order valence-corrected chi connectivity index (χ2v) is 4.16. The Morgan fingerprint density at radius 1 is 1.44 bits per heavy atom. The zero-order chi connectivity index (χ0) is 13.8. The van der Waals surface area contributed by atoms with Gasteiger partial charge in [-0.15, -0.1) is 0 Å². The van der Waals surface area contributed by atoms with Crippen molar-refractivity contribution in [1.29, 1.82) is 0 Å². The number of aliphatic hydroxyl groups is 1. The first-order chi connectivity index (χ1) is 8.28. The zero-order valence-electron chi connectivity index (χ0n) is 10.0. The molecular formula is C10H14N4O4. The predicted molar refractivity (Wildman–Crippen MR) is 60.9 cm³/mol. The summed E-state index contributed by atoms with van der Waals surface area (Å²) >= 11 is 0. The fourth-order valence-corrected chi connectivity index (χ4v) is 0.978. The number of nitrogens with one attached hydrogen (secondary N) is 1. The molecule has 18 heavy (non-hydrogen) atoms. The Labute approximate surface area is 103 Å². The van der Waals surface area contributed by atoms with Crippen molar-refractivity contribution in [2.75, 3.05) is 6.54 Å². The first kappa shape index (κ1) is 13.8. The van der Waals surface area contributed by atoms with E-state index < -0.39 is 17.6 Å². The number of amides is 2. The highest BCUT2D eigenvalue weighted by atomic mass is 16.5. The van der Waals surface area contributed by atoms with Crippen molar-refractivity contribution in [2.45, 2.75) is 19.4 Å². The Hall–Kier alpha value is -2.22. The predicted octanol–water partition coefficient (Wildman–Crippen LogP) is -0.565. The van der Waals surface area contributed by atoms with Crippen LogP contribution >= 0.6 is 0 Å². The summed E-state index contributed by atoms with van der Waals surface area (Å²) in [5.41, 5.74) is 3.77. The van der Waals surface area contributed by atoms with Gasteiger partial charge in [-0.1, -0.05) is 0 Å². The molecule has 0 saturated heterocycles. The quantitative estimate of drug-likeness (QED) is 0.660. The van der Waals surface area contributed by atoms with E-state index >= 15 is 0 Å². The molecule has 0 radical (unpaired) electrons. The molecular weight excluding hydrogens is 240 g/mol. The number of primary amides is 1. The van der Waals surface area contributed by atoms with Gasteiger partial charge in [0.05, 0.1) is 18.0 Å². The second-order valence-electron chi connectivity index (χ2n) is 4.16. The van der Waals surface area contributed by atoms with Gasteiger partial charge in [0.2, 0.25) is 5.82 Å². The van der Waals surface area contributed by atoms with Gasteiger partial charge in [0.25, 0.3) is 5.91 Å². The van der Waals surface area contributed by atoms with Crippen molar-refractivity contribution in [3.63, 3.8) is 0 Å². The largest absolute Gasteiger partial charge is 0.410 e. The maximum absolute atomic E-state index is 11.5. The summed E-state index contributed by atoms with van der Waals surface area (Å²) in [6.45, 7) is 3.17. The molecule has 0 atom stereocenters. The molecule has 1 rings (SSSR count). The fourth-order valence-electron chi connectivity index (χ4n) is 0.978. The first-order valence-corrected chi connectivity index (χ1v) is 5.08. The second kappa shape index (κ2) is 5.41. The molecule has 2 amide bonds. The highest BCUT2D eigenvalue weighted by Gasteiger charge is 2.16. The average molecular weight is 254 g/mol. The van der Waals surface area contributed by atoms with Gasteiger partial charge in [-0.25, -0.2) is 14.8 Å². The molecule has 0 aromatic carbocycles. The minimum absolute atomic E-state index is 0.0431. The standard InChI is InChI=1S/C10H14N4O4/c1-10(2,17)5-14-8(15)7-12-3-6(4-13-7)18-9(11)16/h3-4,17H,5H2,1-2H3,(H2,11,16)(H,14,15). The van der Waals surface area contributed by atoms with E-state index in [-0.39, 0.29) is 18.1 Å². The summed E-state index contributed by atoms with van der Waals surface area (Å²) < 4.78 is 4.51. The number of rotatable bonds is 4. The fraction of sp³-hybridized carbons (Fsp3) is 0.400. The lowest BCUT2D eigenvalue weighted by Gasteiger charge is -2.16. The number of carbonyl (C=O) groups is 2. The molecule has 1 heterocycles. The third-order valence-corrected chi connectivity index (χ3v) is 1.73. The molecule has 0 saturated carbocycles. The van der Waals surface area contributed by atoms with Gasteiger partial charge in [0, 0.05) is 6.54 Å². The molecule has 0 fully saturated rings. The average Bonchev–Trinajstić information content (AvgIpc) is 2.25. The monoisotopic (exact) mass is 254 g/mol. The Morgan fingerprint density at radius 2 is 2.00 bits per heavy atom. The van der Waals surface area contributed by atoms with E-state index in [0.29, 0.717) is 0 Å². The van der Waals surface area contributed by atoms with Crippen LogP contribution in [0.1, 0.15) is 24.5 Å². The first-order valence-electron chi connectivity index (χ1n) is 5.08. The molecule has 0 spiro atoms. The third kappa shape index (κ3) is 4.74. The molecule has 0 aliphatic heterocycles. The van der Waals surface area contributed by atoms with Gasteiger partial charge in [0.15, 0.2) is 5.75 Å². The summed E-state index contributed by atoms with van der Waals surface area (Å²) in [4.78, 5) is 29.4. The Kier molecular flexibility index (Phi) is 4.16. The van der Waals surface area contributed by atoms with E-state index in [0.717, 1.165) is 12.4 Å². The highest BCUT2D eigenvalue weighted by Crippen LogP contribution is 2.06. The summed E-state index contributed by atoms with van der Waals surface area (Å²) in [6, 6.07) is 0. The smallest absolute Gasteiger partial charge is 0.407 e. The number of hydrogen-bond donors (Lipinski definition) is 3. The van der Waals surface area contributed by atoms with Gasteiger partial charge < -0.3 is 20.9 Å². The molecule has 4 N–H and O–H groups in total. The molecule has 98 valence electrons. The molecule has 0 aliphatic rings. The van der Waals surface area contributed by atoms with Gasteiger partial charge in [0.1, 0.15) is 0 Å². The van der Waals surface area contributed by atoms with Crippen molar-refractivity contribution in [3.05, 3.63) is 18.2 Å². The molecule has 8 nitrogen and oxygen atoms in total. The number of aromatic nitrogens is 2. The highest BCUT2D eigenvalue weighted by molar-refractivity contribution is 5.90. The Balaban J connectivity index is 2.62. The Bertz CT molecular complexity index is 438. The SMILES string of the molecule is CC(C)(O)CNC(=O)c1ncc(OC(N)=O)cn1. The van der Waals surface area contributed by atoms with Crippen molar-refractivity contribution < 1.29 is 19.4 Å². The lowest BCUT2D eigenvalue weighted by Crippen LogP contribution is -2.38. The molecule has 0 aliphatic carbocycles. The number of hydrogen-bond acceptors (Lipinski definition) is 6. The number of carbonyl (C=O) groups excluding carboxylic acids is 2. The van der Waals surface area contributed by atoms with Gasteiger partial charge in [-0.3, -0.25) is 4.79 Å². The van der Waals surface area contributed by atoms with E-state index in [2.05, 4.69) is 20.0 Å². The van der Waals surface area contributed by atoms with Gasteiger partial charge >= 0.3 is 6.09 Å². The molecule has 1 aromatic rings. The summed E-state index contributed by atoms with van der Waals surface area (Å²) in [5.74, 6) is -0.597. The lowest BCUT2D eigenvalue weighted by atomic mass is 10.1. The molecule has 0 unspecified atom stereocenters. The van der Waals surface area contributed by atoms with Gasteiger partial charge in [-0.2, -0.15) is 0 Å². The van der Waals surface area contributed by atoms with Crippen LogP contribution in [-0.2, 0) is 0 Å². The van der Waals surface area contributed by atoms with Crippen molar-refractivity contribution in [3.8, 4) is 5.75 Å². The maximum atomic E-state index is 11.5. The molecule has 1 aromatic heterocycles. The number of ether oxygens (including phenoxy) is 1. The van der Waals surface area contributed by atoms with Crippen LogP contribution in [0.25, 0.3) is 0 Å². The van der Waals surface area contributed by atoms with Crippen LogP contribution in [0.4, 0.5) is 4.79 Å². The van der Waals surface area contributed by atoms with Crippen LogP contribution in [0, 0.1) is 0 Å².